The molecule has 0 aliphatic carbocycles. The summed E-state index contributed by atoms with van der Waals surface area (Å²) in [5.74, 6) is 0. The molecule has 0 aliphatic rings. The van der Waals surface area contributed by atoms with Gasteiger partial charge < -0.3 is 0 Å². The Morgan fingerprint density at radius 3 is 2.06 bits per heavy atom. The number of rotatable bonds is 2. The summed E-state index contributed by atoms with van der Waals surface area (Å²) >= 11 is 0. The SMILES string of the molecule is FC(F)(F)c1cccc(Cc2ccccc2)c1. The molecule has 0 amide bonds. The molecular weight excluding hydrogens is 225 g/mol. The molecule has 0 saturated heterocycles. The van der Waals surface area contributed by atoms with E-state index < -0.39 is 11.7 Å². The highest BCUT2D eigenvalue weighted by atomic mass is 19.4. The van der Waals surface area contributed by atoms with Crippen LogP contribution in [-0.4, -0.2) is 0 Å². The molecule has 0 spiro atoms. The van der Waals surface area contributed by atoms with E-state index in [2.05, 4.69) is 0 Å². The van der Waals surface area contributed by atoms with Crippen molar-refractivity contribution in [1.82, 2.24) is 0 Å². The smallest absolute Gasteiger partial charge is 0.166 e. The molecule has 0 fully saturated rings. The van der Waals surface area contributed by atoms with Crippen molar-refractivity contribution >= 4 is 0 Å². The van der Waals surface area contributed by atoms with Crippen molar-refractivity contribution in [2.24, 2.45) is 0 Å². The summed E-state index contributed by atoms with van der Waals surface area (Å²) in [7, 11) is 0. The van der Waals surface area contributed by atoms with Crippen LogP contribution in [0.25, 0.3) is 0 Å². The van der Waals surface area contributed by atoms with Crippen LogP contribution < -0.4 is 0 Å². The number of hydrogen-bond donors (Lipinski definition) is 0. The lowest BCUT2D eigenvalue weighted by Gasteiger charge is -2.08. The predicted molar refractivity (Wildman–Crippen MR) is 60.7 cm³/mol. The molecule has 0 aromatic heterocycles. The number of benzene rings is 2. The Bertz CT molecular complexity index is 486. The molecule has 17 heavy (non-hydrogen) atoms. The van der Waals surface area contributed by atoms with Gasteiger partial charge in [-0.25, -0.2) is 0 Å². The summed E-state index contributed by atoms with van der Waals surface area (Å²) in [5, 5.41) is 0. The highest BCUT2D eigenvalue weighted by molar-refractivity contribution is 5.30. The molecule has 0 N–H and O–H groups in total. The van der Waals surface area contributed by atoms with Crippen LogP contribution in [0.1, 0.15) is 16.7 Å². The van der Waals surface area contributed by atoms with E-state index in [4.69, 9.17) is 0 Å². The largest absolute Gasteiger partial charge is 0.416 e. The van der Waals surface area contributed by atoms with Crippen molar-refractivity contribution in [3.63, 3.8) is 0 Å². The molecular formula is C14H11F3. The van der Waals surface area contributed by atoms with Gasteiger partial charge >= 0.3 is 6.18 Å². The molecule has 3 heteroatoms. The zero-order valence-corrected chi connectivity index (χ0v) is 9.04. The van der Waals surface area contributed by atoms with Gasteiger partial charge in [-0.15, -0.1) is 0 Å². The molecule has 0 atom stereocenters. The Kier molecular flexibility index (Phi) is 3.18. The minimum atomic E-state index is -4.27. The molecule has 0 heterocycles. The van der Waals surface area contributed by atoms with Gasteiger partial charge in [0.1, 0.15) is 0 Å². The Labute approximate surface area is 97.7 Å². The van der Waals surface area contributed by atoms with E-state index in [0.717, 1.165) is 11.6 Å². The summed E-state index contributed by atoms with van der Waals surface area (Å²) in [5.41, 5.74) is 1.09. The molecule has 88 valence electrons. The van der Waals surface area contributed by atoms with Gasteiger partial charge in [0.15, 0.2) is 0 Å². The number of alkyl halides is 3. The monoisotopic (exact) mass is 236 g/mol. The number of halogens is 3. The lowest BCUT2D eigenvalue weighted by Crippen LogP contribution is -2.05. The third kappa shape index (κ3) is 3.09. The molecule has 2 rings (SSSR count). The molecule has 2 aromatic carbocycles. The highest BCUT2D eigenvalue weighted by Crippen LogP contribution is 2.29. The molecule has 0 radical (unpaired) electrons. The van der Waals surface area contributed by atoms with E-state index in [9.17, 15) is 13.2 Å². The van der Waals surface area contributed by atoms with E-state index in [1.807, 2.05) is 30.3 Å². The maximum absolute atomic E-state index is 12.5. The Morgan fingerprint density at radius 2 is 1.41 bits per heavy atom. The van der Waals surface area contributed by atoms with E-state index in [-0.39, 0.29) is 0 Å². The Hall–Kier alpha value is -1.77. The standard InChI is InChI=1S/C14H11F3/c15-14(16,17)13-8-4-7-12(10-13)9-11-5-2-1-3-6-11/h1-8,10H,9H2. The first kappa shape index (κ1) is 11.7. The van der Waals surface area contributed by atoms with E-state index >= 15 is 0 Å². The van der Waals surface area contributed by atoms with Gasteiger partial charge in [0.2, 0.25) is 0 Å². The molecule has 0 aliphatic heterocycles. The second-order valence-electron chi connectivity index (χ2n) is 3.86. The van der Waals surface area contributed by atoms with Gasteiger partial charge in [-0.2, -0.15) is 13.2 Å². The lowest BCUT2D eigenvalue weighted by molar-refractivity contribution is -0.137. The first-order valence-electron chi connectivity index (χ1n) is 5.26. The quantitative estimate of drug-likeness (QED) is 0.729. The van der Waals surface area contributed by atoms with E-state index in [1.54, 1.807) is 6.07 Å². The van der Waals surface area contributed by atoms with Crippen molar-refractivity contribution in [3.8, 4) is 0 Å². The van der Waals surface area contributed by atoms with Crippen molar-refractivity contribution in [1.29, 1.82) is 0 Å². The van der Waals surface area contributed by atoms with Crippen molar-refractivity contribution in [2.75, 3.05) is 0 Å². The average molecular weight is 236 g/mol. The van der Waals surface area contributed by atoms with Crippen LogP contribution in [0.5, 0.6) is 0 Å². The van der Waals surface area contributed by atoms with Crippen molar-refractivity contribution < 1.29 is 13.2 Å². The summed E-state index contributed by atoms with van der Waals surface area (Å²) in [6.45, 7) is 0. The summed E-state index contributed by atoms with van der Waals surface area (Å²) in [4.78, 5) is 0. The average Bonchev–Trinajstić information content (AvgIpc) is 2.29. The summed E-state index contributed by atoms with van der Waals surface area (Å²) in [6.07, 6.45) is -3.75. The maximum atomic E-state index is 12.5. The van der Waals surface area contributed by atoms with Gasteiger partial charge in [0, 0.05) is 0 Å². The van der Waals surface area contributed by atoms with Gasteiger partial charge in [-0.1, -0.05) is 48.5 Å². The summed E-state index contributed by atoms with van der Waals surface area (Å²) in [6, 6.07) is 14.9. The van der Waals surface area contributed by atoms with Gasteiger partial charge in [0.05, 0.1) is 5.56 Å². The molecule has 2 aromatic rings. The van der Waals surface area contributed by atoms with Gasteiger partial charge in [-0.3, -0.25) is 0 Å². The first-order chi connectivity index (χ1) is 8.05. The van der Waals surface area contributed by atoms with Crippen LogP contribution in [0.4, 0.5) is 13.2 Å². The fourth-order valence-corrected chi connectivity index (χ4v) is 1.69. The summed E-state index contributed by atoms with van der Waals surface area (Å²) < 4.78 is 37.5. The van der Waals surface area contributed by atoms with Crippen molar-refractivity contribution in [2.45, 2.75) is 12.6 Å². The van der Waals surface area contributed by atoms with Gasteiger partial charge in [0.25, 0.3) is 0 Å². The fourth-order valence-electron chi connectivity index (χ4n) is 1.69. The molecule has 0 nitrogen and oxygen atoms in total. The van der Waals surface area contributed by atoms with Crippen LogP contribution in [0.3, 0.4) is 0 Å². The fraction of sp³-hybridized carbons (Fsp3) is 0.143. The highest BCUT2D eigenvalue weighted by Gasteiger charge is 2.30. The first-order valence-corrected chi connectivity index (χ1v) is 5.26. The van der Waals surface area contributed by atoms with Gasteiger partial charge in [-0.05, 0) is 23.6 Å². The minimum absolute atomic E-state index is 0.519. The van der Waals surface area contributed by atoms with Crippen LogP contribution in [0.15, 0.2) is 54.6 Å². The van der Waals surface area contributed by atoms with Crippen LogP contribution in [-0.2, 0) is 12.6 Å². The van der Waals surface area contributed by atoms with Crippen LogP contribution >= 0.6 is 0 Å². The Balaban J connectivity index is 2.23. The zero-order valence-electron chi connectivity index (χ0n) is 9.04. The number of hydrogen-bond acceptors (Lipinski definition) is 0. The minimum Gasteiger partial charge on any atom is -0.166 e. The predicted octanol–water partition coefficient (Wildman–Crippen LogP) is 4.30. The third-order valence-corrected chi connectivity index (χ3v) is 2.51. The molecule has 0 unspecified atom stereocenters. The second kappa shape index (κ2) is 4.62. The zero-order chi connectivity index (χ0) is 12.3. The van der Waals surface area contributed by atoms with Crippen molar-refractivity contribution in [3.05, 3.63) is 71.3 Å². The Morgan fingerprint density at radius 1 is 0.765 bits per heavy atom. The van der Waals surface area contributed by atoms with Crippen LogP contribution in [0.2, 0.25) is 0 Å². The van der Waals surface area contributed by atoms with E-state index in [1.165, 1.54) is 12.1 Å². The molecule has 0 bridgehead atoms. The topological polar surface area (TPSA) is 0 Å². The molecule has 0 saturated carbocycles. The second-order valence-corrected chi connectivity index (χ2v) is 3.86. The lowest BCUT2D eigenvalue weighted by atomic mass is 10.0. The third-order valence-electron chi connectivity index (χ3n) is 2.51. The normalized spacial score (nSPS) is 11.5. The van der Waals surface area contributed by atoms with Crippen LogP contribution in [0, 0.1) is 0 Å². The maximum Gasteiger partial charge on any atom is 0.416 e. The van der Waals surface area contributed by atoms with E-state index in [0.29, 0.717) is 12.0 Å².